The van der Waals surface area contributed by atoms with Crippen LogP contribution in [0.2, 0.25) is 0 Å². The van der Waals surface area contributed by atoms with Crippen molar-refractivity contribution in [2.45, 2.75) is 20.8 Å². The molecule has 106 valence electrons. The van der Waals surface area contributed by atoms with Crippen LogP contribution in [0, 0.1) is 13.8 Å². The van der Waals surface area contributed by atoms with Gasteiger partial charge in [0.2, 0.25) is 0 Å². The first-order chi connectivity index (χ1) is 9.63. The molecular formula is C13H16N4O2S. The summed E-state index contributed by atoms with van der Waals surface area (Å²) in [5, 5.41) is 6.73. The minimum absolute atomic E-state index is 0.319. The maximum absolute atomic E-state index is 11.1. The first-order valence-electron chi connectivity index (χ1n) is 6.18. The van der Waals surface area contributed by atoms with Gasteiger partial charge in [-0.2, -0.15) is 5.10 Å². The zero-order chi connectivity index (χ0) is 14.5. The van der Waals surface area contributed by atoms with E-state index in [0.717, 1.165) is 22.1 Å². The molecule has 0 unspecified atom stereocenters. The summed E-state index contributed by atoms with van der Waals surface area (Å²) in [6.07, 6.45) is 2.82. The quantitative estimate of drug-likeness (QED) is 0.695. The molecule has 6 nitrogen and oxygen atoms in total. The van der Waals surface area contributed by atoms with Crippen molar-refractivity contribution < 1.29 is 9.53 Å². The third kappa shape index (κ3) is 3.05. The Hall–Kier alpha value is -2.15. The van der Waals surface area contributed by atoms with Crippen molar-refractivity contribution in [2.75, 3.05) is 6.61 Å². The summed E-state index contributed by atoms with van der Waals surface area (Å²) in [4.78, 5) is 15.4. The van der Waals surface area contributed by atoms with E-state index in [4.69, 9.17) is 4.74 Å². The molecular weight excluding hydrogens is 276 g/mol. The molecule has 0 atom stereocenters. The third-order valence-corrected chi connectivity index (χ3v) is 3.47. The van der Waals surface area contributed by atoms with Gasteiger partial charge in [0.1, 0.15) is 0 Å². The number of aryl methyl sites for hydroxylation is 1. The minimum Gasteiger partial charge on any atom is -0.449 e. The number of nitrogens with one attached hydrogen (secondary N) is 1. The normalized spacial score (nSPS) is 10.9. The number of hydrogen-bond donors (Lipinski definition) is 1. The lowest BCUT2D eigenvalue weighted by Crippen LogP contribution is -2.18. The smallest absolute Gasteiger partial charge is 0.427 e. The van der Waals surface area contributed by atoms with Gasteiger partial charge in [-0.1, -0.05) is 0 Å². The van der Waals surface area contributed by atoms with Crippen molar-refractivity contribution in [1.29, 1.82) is 0 Å². The first kappa shape index (κ1) is 14.3. The Labute approximate surface area is 121 Å². The highest BCUT2D eigenvalue weighted by molar-refractivity contribution is 7.12. The summed E-state index contributed by atoms with van der Waals surface area (Å²) in [6.45, 7) is 6.05. The zero-order valence-electron chi connectivity index (χ0n) is 11.6. The average molecular weight is 292 g/mol. The Morgan fingerprint density at radius 1 is 1.60 bits per heavy atom. The summed E-state index contributed by atoms with van der Waals surface area (Å²) in [6, 6.07) is 1.99. The average Bonchev–Trinajstić information content (AvgIpc) is 2.99. The second kappa shape index (κ2) is 6.33. The van der Waals surface area contributed by atoms with E-state index in [1.807, 2.05) is 25.3 Å². The predicted molar refractivity (Wildman–Crippen MR) is 78.7 cm³/mol. The molecule has 2 rings (SSSR count). The van der Waals surface area contributed by atoms with Crippen molar-refractivity contribution in [1.82, 2.24) is 15.0 Å². The van der Waals surface area contributed by atoms with Crippen molar-refractivity contribution in [3.63, 3.8) is 0 Å². The Morgan fingerprint density at radius 3 is 3.05 bits per heavy atom. The predicted octanol–water partition coefficient (Wildman–Crippen LogP) is 2.63. The van der Waals surface area contributed by atoms with Crippen molar-refractivity contribution in [3.8, 4) is 5.13 Å². The van der Waals surface area contributed by atoms with Crippen LogP contribution in [0.5, 0.6) is 0 Å². The molecule has 0 aromatic carbocycles. The highest BCUT2D eigenvalue weighted by Gasteiger charge is 2.10. The van der Waals surface area contributed by atoms with Gasteiger partial charge in [0.15, 0.2) is 5.13 Å². The van der Waals surface area contributed by atoms with Gasteiger partial charge in [-0.3, -0.25) is 4.57 Å². The van der Waals surface area contributed by atoms with Crippen LogP contribution in [0.4, 0.5) is 4.79 Å². The summed E-state index contributed by atoms with van der Waals surface area (Å²) in [7, 11) is 0. The molecule has 7 heteroatoms. The van der Waals surface area contributed by atoms with Crippen LogP contribution in [0.3, 0.4) is 0 Å². The number of hydrazone groups is 1. The Balaban J connectivity index is 2.16. The van der Waals surface area contributed by atoms with Gasteiger partial charge in [0.25, 0.3) is 0 Å². The van der Waals surface area contributed by atoms with Crippen LogP contribution in [0.25, 0.3) is 5.13 Å². The van der Waals surface area contributed by atoms with Gasteiger partial charge in [-0.15, -0.1) is 11.3 Å². The molecule has 2 aromatic rings. The molecule has 0 aliphatic carbocycles. The fourth-order valence-electron chi connectivity index (χ4n) is 1.86. The molecule has 0 aliphatic heterocycles. The Bertz CT molecular complexity index is 617. The number of carbonyl (C=O) groups is 1. The second-order valence-electron chi connectivity index (χ2n) is 4.07. The molecule has 1 N–H and O–H groups in total. The molecule has 0 saturated carbocycles. The number of nitrogens with zero attached hydrogens (tertiary/aromatic N) is 3. The fraction of sp³-hybridized carbons (Fsp3) is 0.308. The number of rotatable bonds is 4. The van der Waals surface area contributed by atoms with Gasteiger partial charge in [-0.05, 0) is 26.8 Å². The van der Waals surface area contributed by atoms with Crippen molar-refractivity contribution in [3.05, 3.63) is 34.6 Å². The van der Waals surface area contributed by atoms with Gasteiger partial charge >= 0.3 is 6.09 Å². The molecule has 0 saturated heterocycles. The molecule has 0 fully saturated rings. The Morgan fingerprint density at radius 2 is 2.40 bits per heavy atom. The van der Waals surface area contributed by atoms with Gasteiger partial charge in [0.05, 0.1) is 12.8 Å². The molecule has 2 aromatic heterocycles. The van der Waals surface area contributed by atoms with E-state index in [1.165, 1.54) is 0 Å². The lowest BCUT2D eigenvalue weighted by Gasteiger charge is -2.04. The summed E-state index contributed by atoms with van der Waals surface area (Å²) in [5.74, 6) is 0. The monoisotopic (exact) mass is 292 g/mol. The van der Waals surface area contributed by atoms with Crippen LogP contribution in [0.15, 0.2) is 22.7 Å². The maximum atomic E-state index is 11.1. The first-order valence-corrected chi connectivity index (χ1v) is 7.06. The molecule has 2 heterocycles. The largest absolute Gasteiger partial charge is 0.449 e. The molecule has 20 heavy (non-hydrogen) atoms. The van der Waals surface area contributed by atoms with E-state index < -0.39 is 6.09 Å². The lowest BCUT2D eigenvalue weighted by atomic mass is 10.3. The molecule has 0 radical (unpaired) electrons. The lowest BCUT2D eigenvalue weighted by molar-refractivity contribution is 0.152. The molecule has 0 bridgehead atoms. The van der Waals surface area contributed by atoms with Crippen molar-refractivity contribution >= 4 is 23.6 Å². The van der Waals surface area contributed by atoms with Gasteiger partial charge in [-0.25, -0.2) is 15.2 Å². The van der Waals surface area contributed by atoms with Crippen LogP contribution in [-0.2, 0) is 4.74 Å². The minimum atomic E-state index is -0.558. The van der Waals surface area contributed by atoms with E-state index in [9.17, 15) is 4.79 Å². The number of thiazole rings is 1. The molecule has 1 amide bonds. The van der Waals surface area contributed by atoms with E-state index in [-0.39, 0.29) is 0 Å². The summed E-state index contributed by atoms with van der Waals surface area (Å²) < 4.78 is 6.77. The Kier molecular flexibility index (Phi) is 4.52. The third-order valence-electron chi connectivity index (χ3n) is 2.72. The summed E-state index contributed by atoms with van der Waals surface area (Å²) >= 11 is 1.57. The highest BCUT2D eigenvalue weighted by atomic mass is 32.1. The molecule has 0 aliphatic rings. The second-order valence-corrected chi connectivity index (χ2v) is 4.94. The van der Waals surface area contributed by atoms with E-state index in [1.54, 1.807) is 30.7 Å². The number of hydrogen-bond acceptors (Lipinski definition) is 5. The maximum Gasteiger partial charge on any atom is 0.427 e. The topological polar surface area (TPSA) is 68.5 Å². The number of carbonyl (C=O) groups excluding carboxylic acids is 1. The fourth-order valence-corrected chi connectivity index (χ4v) is 2.61. The highest BCUT2D eigenvalue weighted by Crippen LogP contribution is 2.20. The number of aromatic nitrogens is 2. The van der Waals surface area contributed by atoms with E-state index in [2.05, 4.69) is 20.1 Å². The standard InChI is InChI=1S/C13H16N4O2S/c1-4-19-13(18)16-15-8-11-7-9(2)17(10(11)3)12-14-5-6-20-12/h5-8H,4H2,1-3H3,(H,16,18)/b15-8-. The van der Waals surface area contributed by atoms with Crippen molar-refractivity contribution in [2.24, 2.45) is 5.10 Å². The number of ether oxygens (including phenoxy) is 1. The van der Waals surface area contributed by atoms with E-state index in [0.29, 0.717) is 6.61 Å². The number of amides is 1. The van der Waals surface area contributed by atoms with Crippen LogP contribution >= 0.6 is 11.3 Å². The van der Waals surface area contributed by atoms with E-state index >= 15 is 0 Å². The zero-order valence-corrected chi connectivity index (χ0v) is 12.4. The molecule has 0 spiro atoms. The SMILES string of the molecule is CCOC(=O)N/N=C\c1cc(C)n(-c2nccs2)c1C. The van der Waals surface area contributed by atoms with Crippen LogP contribution < -0.4 is 5.43 Å². The van der Waals surface area contributed by atoms with Crippen LogP contribution in [0.1, 0.15) is 23.9 Å². The van der Waals surface area contributed by atoms with Gasteiger partial charge in [0, 0.05) is 28.5 Å². The summed E-state index contributed by atoms with van der Waals surface area (Å²) in [5.41, 5.74) is 5.32. The van der Waals surface area contributed by atoms with Gasteiger partial charge < -0.3 is 4.74 Å². The van der Waals surface area contributed by atoms with Crippen LogP contribution in [-0.4, -0.2) is 28.5 Å².